The maximum Gasteiger partial charge on any atom is 0.0871 e. The molecule has 1 aromatic rings. The summed E-state index contributed by atoms with van der Waals surface area (Å²) in [6.07, 6.45) is 2.17. The zero-order chi connectivity index (χ0) is 10.4. The Kier molecular flexibility index (Phi) is 5.11. The maximum atomic E-state index is 12.2. The van der Waals surface area contributed by atoms with E-state index in [1.54, 1.807) is 0 Å². The molecule has 0 spiro atoms. The van der Waals surface area contributed by atoms with E-state index in [0.717, 1.165) is 6.42 Å². The molecule has 1 rings (SSSR count). The van der Waals surface area contributed by atoms with Crippen molar-refractivity contribution in [2.45, 2.75) is 12.8 Å². The van der Waals surface area contributed by atoms with Crippen LogP contribution in [0.3, 0.4) is 0 Å². The first kappa shape index (κ1) is 11.7. The molecule has 2 N–H and O–H groups in total. The maximum absolute atomic E-state index is 12.2. The molecule has 0 aliphatic carbocycles. The lowest BCUT2D eigenvalue weighted by Gasteiger charge is -2.03. The highest BCUT2D eigenvalue weighted by Crippen LogP contribution is 2.11. The number of rotatable bonds is 4. The van der Waals surface area contributed by atoms with Gasteiger partial charge in [0.15, 0.2) is 0 Å². The predicted molar refractivity (Wildman–Crippen MR) is 65.7 cm³/mol. The van der Waals surface area contributed by atoms with Gasteiger partial charge in [0.25, 0.3) is 0 Å². The van der Waals surface area contributed by atoms with E-state index in [1.165, 1.54) is 9.13 Å². The van der Waals surface area contributed by atoms with Crippen LogP contribution in [0.1, 0.15) is 12.0 Å². The predicted octanol–water partition coefficient (Wildman–Crippen LogP) is 3.04. The Morgan fingerprint density at radius 2 is 2.00 bits per heavy atom. The van der Waals surface area contributed by atoms with Crippen LogP contribution in [0.25, 0.3) is 0 Å². The van der Waals surface area contributed by atoms with Crippen molar-refractivity contribution in [2.75, 3.05) is 6.54 Å². The molecule has 1 aromatic carbocycles. The Hall–Kier alpha value is -0.420. The first-order chi connectivity index (χ1) is 6.76. The van der Waals surface area contributed by atoms with Crippen molar-refractivity contribution in [3.05, 3.63) is 45.3 Å². The summed E-state index contributed by atoms with van der Waals surface area (Å²) < 4.78 is 13.4. The van der Waals surface area contributed by atoms with Crippen molar-refractivity contribution in [3.8, 4) is 0 Å². The fourth-order valence-corrected chi connectivity index (χ4v) is 1.52. The van der Waals surface area contributed by atoms with E-state index < -0.39 is 0 Å². The highest BCUT2D eigenvalue weighted by Gasteiger charge is 1.97. The lowest BCUT2D eigenvalue weighted by Crippen LogP contribution is -2.03. The van der Waals surface area contributed by atoms with Gasteiger partial charge in [0.1, 0.15) is 0 Å². The quantitative estimate of drug-likeness (QED) is 0.850. The number of aryl methyl sites for hydroxylation is 1. The third kappa shape index (κ3) is 3.75. The zero-order valence-electron chi connectivity index (χ0n) is 7.84. The van der Waals surface area contributed by atoms with Gasteiger partial charge in [-0.05, 0) is 58.7 Å². The van der Waals surface area contributed by atoms with Gasteiger partial charge in [-0.15, -0.1) is 0 Å². The van der Waals surface area contributed by atoms with Gasteiger partial charge >= 0.3 is 0 Å². The Balaban J connectivity index is 2.49. The van der Waals surface area contributed by atoms with E-state index in [1.807, 2.05) is 0 Å². The summed E-state index contributed by atoms with van der Waals surface area (Å²) in [7, 11) is 0. The van der Waals surface area contributed by atoms with Crippen LogP contribution in [0.5, 0.6) is 0 Å². The highest BCUT2D eigenvalue weighted by atomic mass is 123. The topological polar surface area (TPSA) is 26.0 Å². The van der Waals surface area contributed by atoms with Gasteiger partial charge in [-0.25, -0.2) is 4.39 Å². The molecule has 14 heavy (non-hydrogen) atoms. The Labute approximate surface area is 97.3 Å². The van der Waals surface area contributed by atoms with E-state index in [-0.39, 0.29) is 0 Å². The van der Waals surface area contributed by atoms with E-state index in [9.17, 15) is 4.39 Å². The fraction of sp³-hybridized carbons (Fsp3) is 0.273. The summed E-state index contributed by atoms with van der Waals surface area (Å²) in [5, 5.41) is 0. The van der Waals surface area contributed by atoms with Gasteiger partial charge in [0.05, 0.1) is 6.33 Å². The van der Waals surface area contributed by atoms with E-state index >= 15 is 0 Å². The van der Waals surface area contributed by atoms with Crippen molar-refractivity contribution in [1.29, 1.82) is 0 Å². The zero-order valence-corrected chi connectivity index (χ0v) is 10.00. The third-order valence-electron chi connectivity index (χ3n) is 2.06. The monoisotopic (exact) mass is 301 g/mol. The lowest BCUT2D eigenvalue weighted by molar-refractivity contribution is 0.692. The van der Waals surface area contributed by atoms with Crippen molar-refractivity contribution in [3.63, 3.8) is 0 Å². The largest absolute Gasteiger partial charge is 0.327 e. The minimum Gasteiger partial charge on any atom is -0.327 e. The molecule has 0 amide bonds. The van der Waals surface area contributed by atoms with Gasteiger partial charge in [0, 0.05) is 10.1 Å². The number of hydrogen-bond acceptors (Lipinski definition) is 1. The second-order valence-corrected chi connectivity index (χ2v) is 4.34. The van der Waals surface area contributed by atoms with Gasteiger partial charge < -0.3 is 5.73 Å². The third-order valence-corrected chi connectivity index (χ3v) is 2.78. The molecule has 1 nitrogen and oxygen atoms in total. The van der Waals surface area contributed by atoms with Crippen molar-refractivity contribution < 1.29 is 4.39 Å². The molecule has 76 valence electrons. The molecule has 0 unspecified atom stereocenters. The molecule has 0 saturated heterocycles. The molecule has 0 aliphatic heterocycles. The van der Waals surface area contributed by atoms with E-state index in [0.29, 0.717) is 24.9 Å². The molecule has 0 saturated carbocycles. The smallest absolute Gasteiger partial charge is 0.0871 e. The van der Waals surface area contributed by atoms with Crippen molar-refractivity contribution >= 4 is 22.6 Å². The van der Waals surface area contributed by atoms with Gasteiger partial charge in [-0.1, -0.05) is 12.1 Å². The van der Waals surface area contributed by atoms with Crippen LogP contribution in [0.2, 0.25) is 0 Å². The van der Waals surface area contributed by atoms with Gasteiger partial charge in [0.2, 0.25) is 0 Å². The summed E-state index contributed by atoms with van der Waals surface area (Å²) in [4.78, 5) is 0. The second kappa shape index (κ2) is 6.14. The number of halogens is 2. The fourth-order valence-electron chi connectivity index (χ4n) is 1.16. The first-order valence-corrected chi connectivity index (χ1v) is 5.56. The molecule has 0 aliphatic rings. The summed E-state index contributed by atoms with van der Waals surface area (Å²) in [6.45, 7) is 0.306. The Morgan fingerprint density at radius 3 is 2.50 bits per heavy atom. The number of benzene rings is 1. The molecule has 0 radical (unpaired) electrons. The first-order valence-electron chi connectivity index (χ1n) is 4.49. The molecule has 0 bridgehead atoms. The SMILES string of the molecule is NCC(=CF)CCc1ccc([123I])cc1. The Morgan fingerprint density at radius 1 is 1.36 bits per heavy atom. The second-order valence-electron chi connectivity index (χ2n) is 3.10. The summed E-state index contributed by atoms with van der Waals surface area (Å²) in [5.74, 6) is 0. The molecule has 0 heterocycles. The average molecular weight is 301 g/mol. The normalized spacial score (nSPS) is 11.8. The van der Waals surface area contributed by atoms with Crippen molar-refractivity contribution in [2.24, 2.45) is 5.73 Å². The van der Waals surface area contributed by atoms with Crippen molar-refractivity contribution in [1.82, 2.24) is 0 Å². The standard InChI is InChI=1S/C11H13FIN/c12-7-10(8-14)2-1-9-3-5-11(13)6-4-9/h3-7H,1-2,8,14H2/i13-4. The summed E-state index contributed by atoms with van der Waals surface area (Å²) in [6, 6.07) is 8.23. The average Bonchev–Trinajstić information content (AvgIpc) is 2.22. The van der Waals surface area contributed by atoms with E-state index in [2.05, 4.69) is 46.9 Å². The molecular weight excluding hydrogens is 288 g/mol. The van der Waals surface area contributed by atoms with Crippen LogP contribution in [-0.2, 0) is 6.42 Å². The summed E-state index contributed by atoms with van der Waals surface area (Å²) >= 11 is 2.26. The van der Waals surface area contributed by atoms with Crippen LogP contribution in [0, 0.1) is 3.57 Å². The van der Waals surface area contributed by atoms with Gasteiger partial charge in [-0.3, -0.25) is 0 Å². The van der Waals surface area contributed by atoms with Crippen LogP contribution in [0.15, 0.2) is 36.2 Å². The lowest BCUT2D eigenvalue weighted by atomic mass is 10.1. The number of hydrogen-bond donors (Lipinski definition) is 1. The van der Waals surface area contributed by atoms with Crippen LogP contribution in [-0.4, -0.2) is 6.54 Å². The summed E-state index contributed by atoms with van der Waals surface area (Å²) in [5.41, 5.74) is 7.25. The van der Waals surface area contributed by atoms with Crippen LogP contribution >= 0.6 is 22.6 Å². The van der Waals surface area contributed by atoms with Crippen LogP contribution < -0.4 is 5.73 Å². The highest BCUT2D eigenvalue weighted by molar-refractivity contribution is 14.1. The minimum atomic E-state index is 0.306. The molecular formula is C11H13FIN. The Bertz CT molecular complexity index is 306. The molecule has 0 fully saturated rings. The van der Waals surface area contributed by atoms with Gasteiger partial charge in [-0.2, -0.15) is 0 Å². The number of nitrogens with two attached hydrogens (primary N) is 1. The minimum absolute atomic E-state index is 0.306. The molecule has 3 heteroatoms. The van der Waals surface area contributed by atoms with Crippen LogP contribution in [0.4, 0.5) is 4.39 Å². The van der Waals surface area contributed by atoms with E-state index in [4.69, 9.17) is 5.73 Å². The molecule has 0 atom stereocenters. The molecule has 0 aromatic heterocycles.